The first-order chi connectivity index (χ1) is 10.8. The molecule has 124 valence electrons. The molecule has 1 aromatic heterocycles. The molecule has 2 rings (SSSR count). The molecule has 2 N–H and O–H groups in total. The highest BCUT2D eigenvalue weighted by Gasteiger charge is 2.15. The Balaban J connectivity index is 1.51. The Morgan fingerprint density at radius 3 is 3.14 bits per heavy atom. The summed E-state index contributed by atoms with van der Waals surface area (Å²) in [5.41, 5.74) is 1.12. The molecule has 7 heteroatoms. The van der Waals surface area contributed by atoms with Crippen LogP contribution in [0.15, 0.2) is 17.3 Å². The number of nitrogens with one attached hydrogen (secondary N) is 2. The van der Waals surface area contributed by atoms with E-state index < -0.39 is 0 Å². The van der Waals surface area contributed by atoms with Crippen LogP contribution < -0.4 is 10.6 Å². The lowest BCUT2D eigenvalue weighted by Crippen LogP contribution is -2.38. The van der Waals surface area contributed by atoms with Crippen LogP contribution >= 0.6 is 0 Å². The van der Waals surface area contributed by atoms with Gasteiger partial charge in [-0.2, -0.15) is 5.10 Å². The lowest BCUT2D eigenvalue weighted by atomic mass is 10.1. The number of hydrogen-bond acceptors (Lipinski definition) is 4. The van der Waals surface area contributed by atoms with Crippen molar-refractivity contribution in [1.29, 1.82) is 0 Å². The van der Waals surface area contributed by atoms with E-state index in [1.165, 1.54) is 0 Å². The van der Waals surface area contributed by atoms with Crippen LogP contribution in [-0.4, -0.2) is 55.8 Å². The van der Waals surface area contributed by atoms with Gasteiger partial charge < -0.3 is 20.1 Å². The lowest BCUT2D eigenvalue weighted by Gasteiger charge is -2.12. The Hall–Kier alpha value is -1.60. The second-order valence-corrected chi connectivity index (χ2v) is 5.46. The first kappa shape index (κ1) is 16.8. The van der Waals surface area contributed by atoms with Crippen LogP contribution in [0.5, 0.6) is 0 Å². The topological polar surface area (TPSA) is 72.7 Å². The van der Waals surface area contributed by atoms with Crippen LogP contribution in [-0.2, 0) is 23.1 Å². The van der Waals surface area contributed by atoms with Gasteiger partial charge in [0.25, 0.3) is 0 Å². The van der Waals surface area contributed by atoms with E-state index in [0.717, 1.165) is 57.5 Å². The van der Waals surface area contributed by atoms with Gasteiger partial charge in [0.2, 0.25) is 0 Å². The monoisotopic (exact) mass is 309 g/mol. The van der Waals surface area contributed by atoms with Gasteiger partial charge >= 0.3 is 0 Å². The van der Waals surface area contributed by atoms with Gasteiger partial charge in [-0.05, 0) is 18.9 Å². The van der Waals surface area contributed by atoms with Crippen LogP contribution in [0.25, 0.3) is 0 Å². The standard InChI is InChI=1S/C15H27N5O2/c1-16-15(18-10-14-4-7-19-20(14)2)17-6-3-8-21-11-13-5-9-22-12-13/h4,7,13H,3,5-6,8-12H2,1-2H3,(H2,16,17,18). The Bertz CT molecular complexity index is 455. The molecule has 1 saturated heterocycles. The van der Waals surface area contributed by atoms with Gasteiger partial charge in [-0.1, -0.05) is 0 Å². The Morgan fingerprint density at radius 2 is 2.45 bits per heavy atom. The fourth-order valence-electron chi connectivity index (χ4n) is 2.32. The van der Waals surface area contributed by atoms with Crippen molar-refractivity contribution < 1.29 is 9.47 Å². The van der Waals surface area contributed by atoms with Crippen molar-refractivity contribution in [2.45, 2.75) is 19.4 Å². The summed E-state index contributed by atoms with van der Waals surface area (Å²) < 4.78 is 12.8. The largest absolute Gasteiger partial charge is 0.381 e. The van der Waals surface area contributed by atoms with E-state index in [1.54, 1.807) is 13.2 Å². The molecule has 0 radical (unpaired) electrons. The molecule has 22 heavy (non-hydrogen) atoms. The third kappa shape index (κ3) is 5.65. The zero-order chi connectivity index (χ0) is 15.6. The van der Waals surface area contributed by atoms with Crippen LogP contribution in [0.4, 0.5) is 0 Å². The quantitative estimate of drug-likeness (QED) is 0.416. The summed E-state index contributed by atoms with van der Waals surface area (Å²) in [6.45, 7) is 4.85. The van der Waals surface area contributed by atoms with E-state index in [2.05, 4.69) is 20.7 Å². The van der Waals surface area contributed by atoms with Gasteiger partial charge in [0.05, 0.1) is 25.5 Å². The molecule has 0 bridgehead atoms. The van der Waals surface area contributed by atoms with Crippen molar-refractivity contribution in [2.75, 3.05) is 40.0 Å². The molecule has 1 aliphatic rings. The van der Waals surface area contributed by atoms with Gasteiger partial charge in [0.1, 0.15) is 0 Å². The van der Waals surface area contributed by atoms with Gasteiger partial charge in [0, 0.05) is 46.0 Å². The molecule has 2 heterocycles. The summed E-state index contributed by atoms with van der Waals surface area (Å²) in [5.74, 6) is 1.38. The van der Waals surface area contributed by atoms with Crippen LogP contribution in [0.2, 0.25) is 0 Å². The predicted octanol–water partition coefficient (Wildman–Crippen LogP) is 0.528. The molecular weight excluding hydrogens is 282 g/mol. The highest BCUT2D eigenvalue weighted by Crippen LogP contribution is 2.12. The fourth-order valence-corrected chi connectivity index (χ4v) is 2.32. The van der Waals surface area contributed by atoms with Crippen molar-refractivity contribution in [2.24, 2.45) is 18.0 Å². The molecule has 1 atom stereocenters. The SMILES string of the molecule is CN=C(NCCCOCC1CCOC1)NCc1ccnn1C. The molecular formula is C15H27N5O2. The third-order valence-corrected chi connectivity index (χ3v) is 3.72. The van der Waals surface area contributed by atoms with E-state index in [4.69, 9.17) is 9.47 Å². The van der Waals surface area contributed by atoms with Crippen molar-refractivity contribution >= 4 is 5.96 Å². The Kier molecular flexibility index (Phi) is 7.18. The first-order valence-corrected chi connectivity index (χ1v) is 7.86. The zero-order valence-corrected chi connectivity index (χ0v) is 13.5. The Labute approximate surface area is 132 Å². The van der Waals surface area contributed by atoms with Gasteiger partial charge in [-0.25, -0.2) is 0 Å². The number of rotatable bonds is 8. The minimum Gasteiger partial charge on any atom is -0.381 e. The summed E-state index contributed by atoms with van der Waals surface area (Å²) in [5, 5.41) is 10.7. The molecule has 1 aromatic rings. The van der Waals surface area contributed by atoms with E-state index in [9.17, 15) is 0 Å². The minimum absolute atomic E-state index is 0.585. The normalized spacial score (nSPS) is 18.6. The van der Waals surface area contributed by atoms with Gasteiger partial charge in [-0.15, -0.1) is 0 Å². The van der Waals surface area contributed by atoms with Crippen LogP contribution in [0.3, 0.4) is 0 Å². The molecule has 0 aliphatic carbocycles. The smallest absolute Gasteiger partial charge is 0.191 e. The summed E-state index contributed by atoms with van der Waals surface area (Å²) in [7, 11) is 3.70. The Morgan fingerprint density at radius 1 is 1.55 bits per heavy atom. The fraction of sp³-hybridized carbons (Fsp3) is 0.733. The van der Waals surface area contributed by atoms with E-state index >= 15 is 0 Å². The summed E-state index contributed by atoms with van der Waals surface area (Å²) in [6.07, 6.45) is 3.88. The van der Waals surface area contributed by atoms with Gasteiger partial charge in [0.15, 0.2) is 5.96 Å². The van der Waals surface area contributed by atoms with Crippen molar-refractivity contribution in [3.05, 3.63) is 18.0 Å². The number of nitrogens with zero attached hydrogens (tertiary/aromatic N) is 3. The van der Waals surface area contributed by atoms with Crippen LogP contribution in [0.1, 0.15) is 18.5 Å². The number of aryl methyl sites for hydroxylation is 1. The van der Waals surface area contributed by atoms with Crippen LogP contribution in [0, 0.1) is 5.92 Å². The highest BCUT2D eigenvalue weighted by atomic mass is 16.5. The van der Waals surface area contributed by atoms with Crippen molar-refractivity contribution in [1.82, 2.24) is 20.4 Å². The van der Waals surface area contributed by atoms with E-state index in [1.807, 2.05) is 17.8 Å². The molecule has 1 fully saturated rings. The number of aromatic nitrogens is 2. The lowest BCUT2D eigenvalue weighted by molar-refractivity contribution is 0.0888. The summed E-state index contributed by atoms with van der Waals surface area (Å²) in [4.78, 5) is 4.21. The third-order valence-electron chi connectivity index (χ3n) is 3.72. The van der Waals surface area contributed by atoms with Crippen molar-refractivity contribution in [3.8, 4) is 0 Å². The second-order valence-electron chi connectivity index (χ2n) is 5.46. The minimum atomic E-state index is 0.585. The molecule has 7 nitrogen and oxygen atoms in total. The zero-order valence-electron chi connectivity index (χ0n) is 13.5. The molecule has 0 aromatic carbocycles. The number of aliphatic imine (C=N–C) groups is 1. The van der Waals surface area contributed by atoms with Crippen molar-refractivity contribution in [3.63, 3.8) is 0 Å². The maximum absolute atomic E-state index is 5.68. The second kappa shape index (κ2) is 9.42. The van der Waals surface area contributed by atoms with E-state index in [-0.39, 0.29) is 0 Å². The number of guanidine groups is 1. The number of ether oxygens (including phenoxy) is 2. The first-order valence-electron chi connectivity index (χ1n) is 7.86. The number of hydrogen-bond donors (Lipinski definition) is 2. The molecule has 1 aliphatic heterocycles. The maximum atomic E-state index is 5.68. The average molecular weight is 309 g/mol. The molecule has 0 amide bonds. The predicted molar refractivity (Wildman–Crippen MR) is 85.8 cm³/mol. The van der Waals surface area contributed by atoms with Gasteiger partial charge in [-0.3, -0.25) is 9.67 Å². The van der Waals surface area contributed by atoms with E-state index in [0.29, 0.717) is 12.5 Å². The molecule has 1 unspecified atom stereocenters. The maximum Gasteiger partial charge on any atom is 0.191 e. The highest BCUT2D eigenvalue weighted by molar-refractivity contribution is 5.79. The summed E-state index contributed by atoms with van der Waals surface area (Å²) in [6, 6.07) is 1.99. The summed E-state index contributed by atoms with van der Waals surface area (Å²) >= 11 is 0. The molecule has 0 spiro atoms. The average Bonchev–Trinajstić information content (AvgIpc) is 3.17. The molecule has 0 saturated carbocycles.